The molecule has 2 rings (SSSR count). The number of piperazine rings is 1. The lowest BCUT2D eigenvalue weighted by molar-refractivity contribution is -0.117. The first-order valence-corrected chi connectivity index (χ1v) is 5.48. The van der Waals surface area contributed by atoms with Gasteiger partial charge in [-0.05, 0) is 12.1 Å². The van der Waals surface area contributed by atoms with E-state index in [2.05, 4.69) is 20.5 Å². The summed E-state index contributed by atoms with van der Waals surface area (Å²) >= 11 is 0. The highest BCUT2D eigenvalue weighted by molar-refractivity contribution is 5.91. The van der Waals surface area contributed by atoms with E-state index in [-0.39, 0.29) is 18.3 Å². The number of halogens is 1. The van der Waals surface area contributed by atoms with E-state index in [1.165, 1.54) is 0 Å². The van der Waals surface area contributed by atoms with Crippen molar-refractivity contribution < 1.29 is 4.79 Å². The first-order valence-electron chi connectivity index (χ1n) is 5.48. The van der Waals surface area contributed by atoms with Crippen LogP contribution in [0.2, 0.25) is 0 Å². The Morgan fingerprint density at radius 3 is 2.82 bits per heavy atom. The number of aromatic nitrogens is 1. The quantitative estimate of drug-likeness (QED) is 0.819. The maximum atomic E-state index is 11.7. The molecule has 0 aromatic carbocycles. The number of carbonyl (C=O) groups excluding carboxylic acids is 1. The third-order valence-corrected chi connectivity index (χ3v) is 2.51. The Balaban J connectivity index is 0.00000144. The molecule has 0 aliphatic carbocycles. The standard InChI is InChI=1S/C11H16N4O.ClH/c16-11(9-15-7-5-12-6-8-15)14-10-3-1-2-4-13-10;/h1-4,12H,5-9H2,(H,13,14,16);1H. The van der Waals surface area contributed by atoms with Crippen molar-refractivity contribution in [1.29, 1.82) is 0 Å². The van der Waals surface area contributed by atoms with E-state index in [1.54, 1.807) is 12.3 Å². The second kappa shape index (κ2) is 7.21. The van der Waals surface area contributed by atoms with Crippen LogP contribution in [0.4, 0.5) is 5.82 Å². The molecule has 1 aliphatic heterocycles. The third kappa shape index (κ3) is 4.68. The normalized spacial score (nSPS) is 16.0. The zero-order chi connectivity index (χ0) is 11.2. The van der Waals surface area contributed by atoms with E-state index in [1.807, 2.05) is 12.1 Å². The second-order valence-electron chi connectivity index (χ2n) is 3.79. The van der Waals surface area contributed by atoms with Gasteiger partial charge in [-0.2, -0.15) is 0 Å². The average Bonchev–Trinajstić information content (AvgIpc) is 2.31. The van der Waals surface area contributed by atoms with Crippen molar-refractivity contribution in [2.45, 2.75) is 0 Å². The number of nitrogens with one attached hydrogen (secondary N) is 2. The molecular weight excluding hydrogens is 240 g/mol. The SMILES string of the molecule is Cl.O=C(CN1CCNCC1)Nc1ccccn1. The van der Waals surface area contributed by atoms with Gasteiger partial charge in [0.2, 0.25) is 5.91 Å². The van der Waals surface area contributed by atoms with Crippen LogP contribution in [0, 0.1) is 0 Å². The predicted octanol–water partition coefficient (Wildman–Crippen LogP) is 0.347. The van der Waals surface area contributed by atoms with Gasteiger partial charge < -0.3 is 10.6 Å². The molecule has 0 atom stereocenters. The van der Waals surface area contributed by atoms with Crippen molar-refractivity contribution in [3.8, 4) is 0 Å². The molecule has 0 radical (unpaired) electrons. The van der Waals surface area contributed by atoms with Gasteiger partial charge in [-0.15, -0.1) is 12.4 Å². The Labute approximate surface area is 107 Å². The van der Waals surface area contributed by atoms with Gasteiger partial charge in [-0.1, -0.05) is 6.07 Å². The van der Waals surface area contributed by atoms with Gasteiger partial charge in [0.1, 0.15) is 5.82 Å². The highest BCUT2D eigenvalue weighted by Gasteiger charge is 2.13. The van der Waals surface area contributed by atoms with Crippen LogP contribution < -0.4 is 10.6 Å². The molecule has 5 nitrogen and oxygen atoms in total. The Morgan fingerprint density at radius 2 is 2.18 bits per heavy atom. The number of anilines is 1. The van der Waals surface area contributed by atoms with Gasteiger partial charge in [-0.3, -0.25) is 9.69 Å². The summed E-state index contributed by atoms with van der Waals surface area (Å²) in [6, 6.07) is 5.47. The van der Waals surface area contributed by atoms with Crippen LogP contribution in [0.15, 0.2) is 24.4 Å². The van der Waals surface area contributed by atoms with Gasteiger partial charge in [-0.25, -0.2) is 4.98 Å². The Bertz CT molecular complexity index is 341. The van der Waals surface area contributed by atoms with Crippen molar-refractivity contribution in [1.82, 2.24) is 15.2 Å². The van der Waals surface area contributed by atoms with Crippen molar-refractivity contribution in [3.63, 3.8) is 0 Å². The van der Waals surface area contributed by atoms with Gasteiger partial charge >= 0.3 is 0 Å². The van der Waals surface area contributed by atoms with Crippen LogP contribution in [0.1, 0.15) is 0 Å². The summed E-state index contributed by atoms with van der Waals surface area (Å²) in [5, 5.41) is 6.03. The van der Waals surface area contributed by atoms with Gasteiger partial charge in [0, 0.05) is 32.4 Å². The molecule has 2 N–H and O–H groups in total. The fourth-order valence-electron chi connectivity index (χ4n) is 1.69. The molecule has 1 fully saturated rings. The van der Waals surface area contributed by atoms with Crippen LogP contribution in [0.3, 0.4) is 0 Å². The van der Waals surface area contributed by atoms with E-state index in [9.17, 15) is 4.79 Å². The molecule has 0 bridgehead atoms. The molecular formula is C11H17ClN4O. The van der Waals surface area contributed by atoms with E-state index in [0.717, 1.165) is 26.2 Å². The molecule has 1 aromatic rings. The van der Waals surface area contributed by atoms with Crippen molar-refractivity contribution in [3.05, 3.63) is 24.4 Å². The second-order valence-corrected chi connectivity index (χ2v) is 3.79. The minimum Gasteiger partial charge on any atom is -0.314 e. The third-order valence-electron chi connectivity index (χ3n) is 2.51. The number of amides is 1. The number of hydrogen-bond donors (Lipinski definition) is 2. The Morgan fingerprint density at radius 1 is 1.41 bits per heavy atom. The fraction of sp³-hybridized carbons (Fsp3) is 0.455. The van der Waals surface area contributed by atoms with E-state index in [0.29, 0.717) is 12.4 Å². The topological polar surface area (TPSA) is 57.3 Å². The fourth-order valence-corrected chi connectivity index (χ4v) is 1.69. The van der Waals surface area contributed by atoms with Gasteiger partial charge in [0.15, 0.2) is 0 Å². The summed E-state index contributed by atoms with van der Waals surface area (Å²) in [7, 11) is 0. The lowest BCUT2D eigenvalue weighted by Crippen LogP contribution is -2.46. The maximum Gasteiger partial charge on any atom is 0.239 e. The van der Waals surface area contributed by atoms with Crippen LogP contribution in [0.5, 0.6) is 0 Å². The predicted molar refractivity (Wildman–Crippen MR) is 69.4 cm³/mol. The molecule has 6 heteroatoms. The zero-order valence-corrected chi connectivity index (χ0v) is 10.4. The molecule has 0 saturated carbocycles. The summed E-state index contributed by atoms with van der Waals surface area (Å²) in [6.07, 6.45) is 1.67. The van der Waals surface area contributed by atoms with E-state index < -0.39 is 0 Å². The molecule has 17 heavy (non-hydrogen) atoms. The van der Waals surface area contributed by atoms with Crippen LogP contribution in [-0.4, -0.2) is 48.5 Å². The molecule has 0 spiro atoms. The number of rotatable bonds is 3. The molecule has 1 saturated heterocycles. The van der Waals surface area contributed by atoms with E-state index >= 15 is 0 Å². The zero-order valence-electron chi connectivity index (χ0n) is 9.56. The highest BCUT2D eigenvalue weighted by Crippen LogP contribution is 2.00. The monoisotopic (exact) mass is 256 g/mol. The lowest BCUT2D eigenvalue weighted by Gasteiger charge is -2.26. The summed E-state index contributed by atoms with van der Waals surface area (Å²) in [5.74, 6) is 0.614. The molecule has 1 amide bonds. The summed E-state index contributed by atoms with van der Waals surface area (Å²) in [5.41, 5.74) is 0. The first kappa shape index (κ1) is 13.9. The smallest absolute Gasteiger partial charge is 0.239 e. The summed E-state index contributed by atoms with van der Waals surface area (Å²) in [6.45, 7) is 4.21. The minimum atomic E-state index is 0. The largest absolute Gasteiger partial charge is 0.314 e. The minimum absolute atomic E-state index is 0. The molecule has 2 heterocycles. The van der Waals surface area contributed by atoms with Crippen molar-refractivity contribution in [2.75, 3.05) is 38.0 Å². The van der Waals surface area contributed by atoms with Crippen LogP contribution in [0.25, 0.3) is 0 Å². The number of carbonyl (C=O) groups is 1. The lowest BCUT2D eigenvalue weighted by atomic mass is 10.3. The maximum absolute atomic E-state index is 11.7. The highest BCUT2D eigenvalue weighted by atomic mass is 35.5. The van der Waals surface area contributed by atoms with E-state index in [4.69, 9.17) is 0 Å². The number of pyridine rings is 1. The van der Waals surface area contributed by atoms with Gasteiger partial charge in [0.05, 0.1) is 6.54 Å². The van der Waals surface area contributed by atoms with Gasteiger partial charge in [0.25, 0.3) is 0 Å². The molecule has 1 aliphatic rings. The van der Waals surface area contributed by atoms with Crippen LogP contribution in [-0.2, 0) is 4.79 Å². The van der Waals surface area contributed by atoms with Crippen molar-refractivity contribution in [2.24, 2.45) is 0 Å². The summed E-state index contributed by atoms with van der Waals surface area (Å²) < 4.78 is 0. The Hall–Kier alpha value is -1.17. The number of hydrogen-bond acceptors (Lipinski definition) is 4. The number of nitrogens with zero attached hydrogens (tertiary/aromatic N) is 2. The Kier molecular flexibility index (Phi) is 5.90. The summed E-state index contributed by atoms with van der Waals surface area (Å²) in [4.78, 5) is 17.9. The first-order chi connectivity index (χ1) is 7.84. The van der Waals surface area contributed by atoms with Crippen LogP contribution >= 0.6 is 12.4 Å². The van der Waals surface area contributed by atoms with Crippen molar-refractivity contribution >= 4 is 24.1 Å². The molecule has 94 valence electrons. The molecule has 1 aromatic heterocycles. The average molecular weight is 257 g/mol. The molecule has 0 unspecified atom stereocenters.